The normalized spacial score (nSPS) is 19.7. The van der Waals surface area contributed by atoms with E-state index in [2.05, 4.69) is 0 Å². The number of carbonyl (C=O) groups excluding carboxylic acids is 1. The second-order valence-corrected chi connectivity index (χ2v) is 4.17. The third-order valence-corrected chi connectivity index (χ3v) is 2.75. The van der Waals surface area contributed by atoms with E-state index in [0.29, 0.717) is 12.3 Å². The summed E-state index contributed by atoms with van der Waals surface area (Å²) in [6, 6.07) is 1.99. The van der Waals surface area contributed by atoms with Crippen molar-refractivity contribution in [1.29, 1.82) is 0 Å². The number of carbonyl (C=O) groups is 1. The Kier molecular flexibility index (Phi) is 3.99. The molecule has 2 rings (SSSR count). The summed E-state index contributed by atoms with van der Waals surface area (Å²) in [5.41, 5.74) is 6.66. The highest BCUT2D eigenvalue weighted by Gasteiger charge is 2.27. The molecule has 1 atom stereocenters. The molecule has 0 bridgehead atoms. The molecule has 1 saturated heterocycles. The topological polar surface area (TPSA) is 59.5 Å². The predicted molar refractivity (Wildman–Crippen MR) is 63.9 cm³/mol. The number of nitrogens with two attached hydrogens (primary N) is 1. The number of amides is 1. The van der Waals surface area contributed by atoms with Crippen molar-refractivity contribution in [2.45, 2.75) is 26.3 Å². The molecular weight excluding hydrogens is 228 g/mol. The third-order valence-electron chi connectivity index (χ3n) is 2.75. The van der Waals surface area contributed by atoms with Gasteiger partial charge in [0.15, 0.2) is 5.76 Å². The minimum absolute atomic E-state index is 0. The van der Waals surface area contributed by atoms with E-state index >= 15 is 0 Å². The monoisotopic (exact) mass is 244 g/mol. The highest BCUT2D eigenvalue weighted by Crippen LogP contribution is 2.18. The molecule has 0 spiro atoms. The maximum atomic E-state index is 12.0. The van der Waals surface area contributed by atoms with Gasteiger partial charge in [-0.1, -0.05) is 0 Å². The molecule has 1 aliphatic heterocycles. The second-order valence-electron chi connectivity index (χ2n) is 4.17. The first-order valence-electron chi connectivity index (χ1n) is 5.20. The van der Waals surface area contributed by atoms with Crippen LogP contribution in [-0.4, -0.2) is 29.9 Å². The SMILES string of the molecule is Cc1cc(C)c(C(=O)N2CC[C@H](N)C2)o1.Cl. The number of hydrogen-bond acceptors (Lipinski definition) is 3. The first-order valence-corrected chi connectivity index (χ1v) is 5.20. The molecule has 16 heavy (non-hydrogen) atoms. The Morgan fingerprint density at radius 1 is 1.56 bits per heavy atom. The molecule has 5 heteroatoms. The van der Waals surface area contributed by atoms with Gasteiger partial charge in [-0.15, -0.1) is 12.4 Å². The van der Waals surface area contributed by atoms with Gasteiger partial charge < -0.3 is 15.1 Å². The second kappa shape index (κ2) is 4.89. The summed E-state index contributed by atoms with van der Waals surface area (Å²) in [5, 5.41) is 0. The smallest absolute Gasteiger partial charge is 0.289 e. The van der Waals surface area contributed by atoms with Gasteiger partial charge in [-0.25, -0.2) is 0 Å². The van der Waals surface area contributed by atoms with Gasteiger partial charge in [-0.05, 0) is 26.3 Å². The number of hydrogen-bond donors (Lipinski definition) is 1. The van der Waals surface area contributed by atoms with E-state index < -0.39 is 0 Å². The largest absolute Gasteiger partial charge is 0.456 e. The summed E-state index contributed by atoms with van der Waals surface area (Å²) in [6.07, 6.45) is 0.879. The Morgan fingerprint density at radius 3 is 2.69 bits per heavy atom. The van der Waals surface area contributed by atoms with Crippen LogP contribution in [0.1, 0.15) is 28.3 Å². The quantitative estimate of drug-likeness (QED) is 0.814. The molecule has 1 aromatic heterocycles. The number of aryl methyl sites for hydroxylation is 2. The summed E-state index contributed by atoms with van der Waals surface area (Å²) in [7, 11) is 0. The fourth-order valence-corrected chi connectivity index (χ4v) is 1.97. The first kappa shape index (κ1) is 13.1. The van der Waals surface area contributed by atoms with E-state index in [0.717, 1.165) is 24.3 Å². The summed E-state index contributed by atoms with van der Waals surface area (Å²) < 4.78 is 5.39. The Labute approximate surface area is 101 Å². The number of rotatable bonds is 1. The minimum Gasteiger partial charge on any atom is -0.456 e. The number of nitrogens with zero attached hydrogens (tertiary/aromatic N) is 1. The lowest BCUT2D eigenvalue weighted by Crippen LogP contribution is -2.31. The Morgan fingerprint density at radius 2 is 2.25 bits per heavy atom. The average molecular weight is 245 g/mol. The molecule has 0 radical (unpaired) electrons. The van der Waals surface area contributed by atoms with Crippen molar-refractivity contribution in [3.63, 3.8) is 0 Å². The van der Waals surface area contributed by atoms with Crippen molar-refractivity contribution in [2.24, 2.45) is 5.73 Å². The van der Waals surface area contributed by atoms with Crippen LogP contribution in [0, 0.1) is 13.8 Å². The van der Waals surface area contributed by atoms with Crippen LogP contribution in [0.15, 0.2) is 10.5 Å². The van der Waals surface area contributed by atoms with Gasteiger partial charge in [0.05, 0.1) is 0 Å². The summed E-state index contributed by atoms with van der Waals surface area (Å²) in [4.78, 5) is 13.8. The average Bonchev–Trinajstić information content (AvgIpc) is 2.71. The number of likely N-dealkylation sites (tertiary alicyclic amines) is 1. The van der Waals surface area contributed by atoms with E-state index in [9.17, 15) is 4.79 Å². The van der Waals surface area contributed by atoms with Crippen LogP contribution in [0.2, 0.25) is 0 Å². The highest BCUT2D eigenvalue weighted by molar-refractivity contribution is 5.93. The van der Waals surface area contributed by atoms with Gasteiger partial charge in [-0.2, -0.15) is 0 Å². The van der Waals surface area contributed by atoms with Crippen LogP contribution >= 0.6 is 12.4 Å². The Hall–Kier alpha value is -1.00. The molecular formula is C11H17ClN2O2. The van der Waals surface area contributed by atoms with Crippen LogP contribution in [0.3, 0.4) is 0 Å². The van der Waals surface area contributed by atoms with Crippen LogP contribution in [-0.2, 0) is 0 Å². The van der Waals surface area contributed by atoms with Gasteiger partial charge in [0.2, 0.25) is 0 Å². The molecule has 90 valence electrons. The molecule has 0 saturated carbocycles. The van der Waals surface area contributed by atoms with Gasteiger partial charge in [0.25, 0.3) is 5.91 Å². The standard InChI is InChI=1S/C11H16N2O2.ClH/c1-7-5-8(2)15-10(7)11(14)13-4-3-9(12)6-13;/h5,9H,3-4,6,12H2,1-2H3;1H/t9-;/m0./s1. The van der Waals surface area contributed by atoms with E-state index in [4.69, 9.17) is 10.2 Å². The molecule has 2 N–H and O–H groups in total. The van der Waals surface area contributed by atoms with Crippen molar-refractivity contribution >= 4 is 18.3 Å². The van der Waals surface area contributed by atoms with Crippen molar-refractivity contribution in [3.05, 3.63) is 23.2 Å². The zero-order valence-electron chi connectivity index (χ0n) is 9.53. The number of halogens is 1. The predicted octanol–water partition coefficient (Wildman–Crippen LogP) is 1.49. The summed E-state index contributed by atoms with van der Waals surface area (Å²) in [6.45, 7) is 5.11. The lowest BCUT2D eigenvalue weighted by atomic mass is 10.2. The molecule has 2 heterocycles. The van der Waals surface area contributed by atoms with E-state index in [1.54, 1.807) is 4.90 Å². The maximum absolute atomic E-state index is 12.0. The van der Waals surface area contributed by atoms with Gasteiger partial charge in [-0.3, -0.25) is 4.79 Å². The molecule has 1 fully saturated rings. The van der Waals surface area contributed by atoms with E-state index in [1.807, 2.05) is 19.9 Å². The maximum Gasteiger partial charge on any atom is 0.289 e. The molecule has 0 unspecified atom stereocenters. The fraction of sp³-hybridized carbons (Fsp3) is 0.545. The minimum atomic E-state index is -0.0337. The Balaban J connectivity index is 0.00000128. The van der Waals surface area contributed by atoms with Gasteiger partial charge in [0, 0.05) is 24.7 Å². The van der Waals surface area contributed by atoms with Crippen molar-refractivity contribution in [3.8, 4) is 0 Å². The summed E-state index contributed by atoms with van der Waals surface area (Å²) >= 11 is 0. The zero-order chi connectivity index (χ0) is 11.0. The van der Waals surface area contributed by atoms with E-state index in [-0.39, 0.29) is 24.4 Å². The zero-order valence-corrected chi connectivity index (χ0v) is 10.3. The summed E-state index contributed by atoms with van der Waals surface area (Å²) in [5.74, 6) is 1.20. The molecule has 0 aromatic carbocycles. The van der Waals surface area contributed by atoms with Crippen molar-refractivity contribution in [1.82, 2.24) is 4.90 Å². The number of furan rings is 1. The highest BCUT2D eigenvalue weighted by atomic mass is 35.5. The first-order chi connectivity index (χ1) is 7.08. The van der Waals surface area contributed by atoms with Crippen LogP contribution < -0.4 is 5.73 Å². The van der Waals surface area contributed by atoms with Crippen LogP contribution in [0.5, 0.6) is 0 Å². The lowest BCUT2D eigenvalue weighted by Gasteiger charge is -2.14. The molecule has 1 amide bonds. The Bertz CT molecular complexity index is 389. The third kappa shape index (κ3) is 2.39. The molecule has 0 aliphatic carbocycles. The van der Waals surface area contributed by atoms with Crippen LogP contribution in [0.4, 0.5) is 0 Å². The molecule has 4 nitrogen and oxygen atoms in total. The molecule has 1 aromatic rings. The van der Waals surface area contributed by atoms with E-state index in [1.165, 1.54) is 0 Å². The molecule has 1 aliphatic rings. The van der Waals surface area contributed by atoms with Gasteiger partial charge >= 0.3 is 0 Å². The van der Waals surface area contributed by atoms with Crippen LogP contribution in [0.25, 0.3) is 0 Å². The van der Waals surface area contributed by atoms with Crippen molar-refractivity contribution in [2.75, 3.05) is 13.1 Å². The lowest BCUT2D eigenvalue weighted by molar-refractivity contribution is 0.0757. The van der Waals surface area contributed by atoms with Gasteiger partial charge in [0.1, 0.15) is 5.76 Å². The van der Waals surface area contributed by atoms with Crippen molar-refractivity contribution < 1.29 is 9.21 Å². The fourth-order valence-electron chi connectivity index (χ4n) is 1.97.